The van der Waals surface area contributed by atoms with Crippen LogP contribution in [0.3, 0.4) is 0 Å². The molecule has 0 amide bonds. The van der Waals surface area contributed by atoms with Crippen molar-refractivity contribution in [1.29, 1.82) is 0 Å². The normalized spacial score (nSPS) is 42.9. The van der Waals surface area contributed by atoms with Crippen molar-refractivity contribution in [2.24, 2.45) is 0 Å². The minimum atomic E-state index is -0.696. The predicted molar refractivity (Wildman–Crippen MR) is 74.7 cm³/mol. The Kier molecular flexibility index (Phi) is 3.48. The first-order valence-corrected chi connectivity index (χ1v) is 7.55. The highest BCUT2D eigenvalue weighted by molar-refractivity contribution is 5.17. The summed E-state index contributed by atoms with van der Waals surface area (Å²) >= 11 is 0. The van der Waals surface area contributed by atoms with Gasteiger partial charge in [0.05, 0.1) is 6.61 Å². The molecular formula is C16H20O6. The summed E-state index contributed by atoms with van der Waals surface area (Å²) in [5, 5.41) is 9.63. The van der Waals surface area contributed by atoms with Crippen LogP contribution in [0, 0.1) is 0 Å². The highest BCUT2D eigenvalue weighted by atomic mass is 16.9. The van der Waals surface area contributed by atoms with E-state index in [1.807, 2.05) is 44.2 Å². The molecule has 0 saturated carbocycles. The summed E-state index contributed by atoms with van der Waals surface area (Å²) in [4.78, 5) is 0. The van der Waals surface area contributed by atoms with Crippen LogP contribution in [-0.2, 0) is 23.7 Å². The number of aliphatic hydroxyl groups is 1. The van der Waals surface area contributed by atoms with Crippen LogP contribution in [0.15, 0.2) is 30.3 Å². The number of benzene rings is 1. The Morgan fingerprint density at radius 1 is 0.955 bits per heavy atom. The van der Waals surface area contributed by atoms with Crippen LogP contribution in [-0.4, -0.2) is 48.2 Å². The van der Waals surface area contributed by atoms with Crippen molar-refractivity contribution in [2.75, 3.05) is 6.61 Å². The lowest BCUT2D eigenvalue weighted by molar-refractivity contribution is -0.313. The minimum absolute atomic E-state index is 0.142. The first-order valence-electron chi connectivity index (χ1n) is 7.55. The lowest BCUT2D eigenvalue weighted by Crippen LogP contribution is -2.50. The maximum absolute atomic E-state index is 9.63. The van der Waals surface area contributed by atoms with Gasteiger partial charge in [0.1, 0.15) is 24.4 Å². The Morgan fingerprint density at radius 3 is 2.45 bits per heavy atom. The molecule has 1 aromatic carbocycles. The molecule has 6 heteroatoms. The zero-order valence-corrected chi connectivity index (χ0v) is 12.5. The second-order valence-corrected chi connectivity index (χ2v) is 6.27. The van der Waals surface area contributed by atoms with E-state index in [0.717, 1.165) is 5.56 Å². The van der Waals surface area contributed by atoms with E-state index in [0.29, 0.717) is 0 Å². The van der Waals surface area contributed by atoms with Crippen molar-refractivity contribution in [3.05, 3.63) is 35.9 Å². The summed E-state index contributed by atoms with van der Waals surface area (Å²) in [7, 11) is 0. The fraction of sp³-hybridized carbons (Fsp3) is 0.625. The van der Waals surface area contributed by atoms with Crippen LogP contribution in [0.1, 0.15) is 25.7 Å². The molecule has 1 N–H and O–H groups in total. The number of hydrogen-bond acceptors (Lipinski definition) is 6. The summed E-state index contributed by atoms with van der Waals surface area (Å²) in [5.74, 6) is -0.696. The summed E-state index contributed by atoms with van der Waals surface area (Å²) in [6, 6.07) is 9.65. The standard InChI is InChI=1S/C16H20O6/c1-16(2)21-13-12-11(19-15(13)22-16)10(8-17)18-14(20-12)9-6-4-3-5-7-9/h3-7,10-15,17H,8H2,1-2H3/t10?,11-,12-,13+,14-,15+/m0/s1. The highest BCUT2D eigenvalue weighted by Gasteiger charge is 2.59. The SMILES string of the molecule is CC1(C)O[C@H]2O[C@H]3C(CO)O[C@H](c4ccccc4)O[C@@H]3[C@H]2O1. The molecule has 3 heterocycles. The van der Waals surface area contributed by atoms with E-state index in [1.54, 1.807) is 0 Å². The lowest BCUT2D eigenvalue weighted by Gasteiger charge is -2.39. The third-order valence-corrected chi connectivity index (χ3v) is 4.22. The Bertz CT molecular complexity index is 533. The Hall–Kier alpha value is -1.02. The van der Waals surface area contributed by atoms with Crippen LogP contribution in [0.4, 0.5) is 0 Å². The zero-order chi connectivity index (χ0) is 15.3. The van der Waals surface area contributed by atoms with Gasteiger partial charge in [-0.25, -0.2) is 0 Å². The third-order valence-electron chi connectivity index (χ3n) is 4.22. The van der Waals surface area contributed by atoms with Gasteiger partial charge in [-0.15, -0.1) is 0 Å². The molecule has 6 atom stereocenters. The van der Waals surface area contributed by atoms with Gasteiger partial charge in [0.25, 0.3) is 0 Å². The quantitative estimate of drug-likeness (QED) is 0.889. The molecule has 3 aliphatic rings. The molecule has 0 spiro atoms. The van der Waals surface area contributed by atoms with Crippen molar-refractivity contribution in [3.63, 3.8) is 0 Å². The van der Waals surface area contributed by atoms with Crippen LogP contribution in [0.2, 0.25) is 0 Å². The molecule has 6 nitrogen and oxygen atoms in total. The molecule has 120 valence electrons. The van der Waals surface area contributed by atoms with Gasteiger partial charge in [0, 0.05) is 5.56 Å². The molecule has 0 radical (unpaired) electrons. The molecular weight excluding hydrogens is 288 g/mol. The van der Waals surface area contributed by atoms with Gasteiger partial charge in [-0.05, 0) is 13.8 Å². The van der Waals surface area contributed by atoms with Crippen molar-refractivity contribution in [2.45, 2.75) is 56.6 Å². The molecule has 1 aromatic rings. The van der Waals surface area contributed by atoms with E-state index in [-0.39, 0.29) is 18.8 Å². The smallest absolute Gasteiger partial charge is 0.190 e. The molecule has 0 aromatic heterocycles. The fourth-order valence-corrected chi connectivity index (χ4v) is 3.28. The second kappa shape index (κ2) is 5.26. The average Bonchev–Trinajstić information content (AvgIpc) is 2.99. The average molecular weight is 308 g/mol. The first-order chi connectivity index (χ1) is 10.6. The first kappa shape index (κ1) is 14.6. The zero-order valence-electron chi connectivity index (χ0n) is 12.5. The van der Waals surface area contributed by atoms with Crippen molar-refractivity contribution < 1.29 is 28.8 Å². The summed E-state index contributed by atoms with van der Waals surface area (Å²) in [6.45, 7) is 3.55. The van der Waals surface area contributed by atoms with E-state index >= 15 is 0 Å². The van der Waals surface area contributed by atoms with Gasteiger partial charge in [-0.1, -0.05) is 30.3 Å². The van der Waals surface area contributed by atoms with Crippen LogP contribution in [0.25, 0.3) is 0 Å². The summed E-state index contributed by atoms with van der Waals surface area (Å²) in [6.07, 6.45) is -2.54. The summed E-state index contributed by atoms with van der Waals surface area (Å²) < 4.78 is 29.4. The number of aliphatic hydroxyl groups excluding tert-OH is 1. The van der Waals surface area contributed by atoms with Crippen molar-refractivity contribution in [1.82, 2.24) is 0 Å². The fourth-order valence-electron chi connectivity index (χ4n) is 3.28. The van der Waals surface area contributed by atoms with Gasteiger partial charge < -0.3 is 28.8 Å². The maximum atomic E-state index is 9.63. The summed E-state index contributed by atoms with van der Waals surface area (Å²) in [5.41, 5.74) is 0.904. The third kappa shape index (κ3) is 2.36. The maximum Gasteiger partial charge on any atom is 0.190 e. The van der Waals surface area contributed by atoms with Gasteiger partial charge >= 0.3 is 0 Å². The Balaban J connectivity index is 1.59. The Labute approximate surface area is 128 Å². The van der Waals surface area contributed by atoms with Gasteiger partial charge in [0.15, 0.2) is 18.4 Å². The van der Waals surface area contributed by atoms with E-state index in [4.69, 9.17) is 23.7 Å². The monoisotopic (exact) mass is 308 g/mol. The number of rotatable bonds is 2. The van der Waals surface area contributed by atoms with Gasteiger partial charge in [-0.2, -0.15) is 0 Å². The van der Waals surface area contributed by atoms with Crippen molar-refractivity contribution in [3.8, 4) is 0 Å². The van der Waals surface area contributed by atoms with Crippen LogP contribution < -0.4 is 0 Å². The molecule has 3 aliphatic heterocycles. The van der Waals surface area contributed by atoms with Crippen molar-refractivity contribution >= 4 is 0 Å². The second-order valence-electron chi connectivity index (χ2n) is 6.27. The molecule has 4 rings (SSSR count). The number of fused-ring (bicyclic) bond motifs is 3. The van der Waals surface area contributed by atoms with E-state index < -0.39 is 30.6 Å². The van der Waals surface area contributed by atoms with E-state index in [9.17, 15) is 5.11 Å². The van der Waals surface area contributed by atoms with Crippen LogP contribution in [0.5, 0.6) is 0 Å². The number of hydrogen-bond donors (Lipinski definition) is 1. The molecule has 3 fully saturated rings. The molecule has 0 aliphatic carbocycles. The van der Waals surface area contributed by atoms with E-state index in [1.165, 1.54) is 0 Å². The molecule has 3 saturated heterocycles. The molecule has 22 heavy (non-hydrogen) atoms. The lowest BCUT2D eigenvalue weighted by atomic mass is 10.0. The number of ether oxygens (including phenoxy) is 5. The molecule has 1 unspecified atom stereocenters. The molecule has 0 bridgehead atoms. The van der Waals surface area contributed by atoms with E-state index in [2.05, 4.69) is 0 Å². The van der Waals surface area contributed by atoms with Crippen LogP contribution >= 0.6 is 0 Å². The van der Waals surface area contributed by atoms with Gasteiger partial charge in [-0.3, -0.25) is 0 Å². The highest BCUT2D eigenvalue weighted by Crippen LogP contribution is 2.44. The Morgan fingerprint density at radius 2 is 1.73 bits per heavy atom. The topological polar surface area (TPSA) is 66.4 Å². The predicted octanol–water partition coefficient (Wildman–Crippen LogP) is 1.34. The van der Waals surface area contributed by atoms with Gasteiger partial charge in [0.2, 0.25) is 0 Å². The largest absolute Gasteiger partial charge is 0.394 e. The minimum Gasteiger partial charge on any atom is -0.394 e.